The van der Waals surface area contributed by atoms with Crippen LogP contribution in [0.4, 0.5) is 0 Å². The van der Waals surface area contributed by atoms with Crippen LogP contribution in [0.25, 0.3) is 0 Å². The lowest BCUT2D eigenvalue weighted by Gasteiger charge is -2.08. The third-order valence-electron chi connectivity index (χ3n) is 2.62. The lowest BCUT2D eigenvalue weighted by atomic mass is 10.1. The summed E-state index contributed by atoms with van der Waals surface area (Å²) >= 11 is 0. The molecule has 1 unspecified atom stereocenters. The predicted molar refractivity (Wildman–Crippen MR) is 68.1 cm³/mol. The van der Waals surface area contributed by atoms with Crippen molar-refractivity contribution in [2.45, 2.75) is 52.2 Å². The highest BCUT2D eigenvalue weighted by Crippen LogP contribution is 2.19. The van der Waals surface area contributed by atoms with Gasteiger partial charge in [0, 0.05) is 24.2 Å². The number of carbonyl (C=O) groups excluding carboxylic acids is 1. The molecule has 0 saturated heterocycles. The van der Waals surface area contributed by atoms with E-state index in [4.69, 9.17) is 4.74 Å². The van der Waals surface area contributed by atoms with Crippen molar-refractivity contribution < 1.29 is 14.6 Å². The molecule has 18 heavy (non-hydrogen) atoms. The molecule has 0 aliphatic carbocycles. The Hall–Kier alpha value is -1.36. The maximum Gasteiger partial charge on any atom is 0.305 e. The third kappa shape index (κ3) is 4.49. The second-order valence-electron chi connectivity index (χ2n) is 4.62. The van der Waals surface area contributed by atoms with Gasteiger partial charge in [0.15, 0.2) is 0 Å². The van der Waals surface area contributed by atoms with Crippen LogP contribution in [-0.2, 0) is 9.53 Å². The molecular formula is C13H22N2O3. The maximum absolute atomic E-state index is 11.3. The number of ether oxygens (including phenoxy) is 1. The molecular weight excluding hydrogens is 232 g/mol. The van der Waals surface area contributed by atoms with E-state index in [0.29, 0.717) is 13.0 Å². The molecule has 102 valence electrons. The molecule has 1 aromatic rings. The number of rotatable bonds is 7. The molecule has 0 fully saturated rings. The monoisotopic (exact) mass is 254 g/mol. The van der Waals surface area contributed by atoms with Crippen LogP contribution in [0.15, 0.2) is 12.4 Å². The van der Waals surface area contributed by atoms with E-state index in [2.05, 4.69) is 5.10 Å². The molecule has 0 spiro atoms. The van der Waals surface area contributed by atoms with E-state index in [0.717, 1.165) is 12.0 Å². The van der Waals surface area contributed by atoms with Crippen LogP contribution in [-0.4, -0.2) is 27.5 Å². The van der Waals surface area contributed by atoms with Crippen molar-refractivity contribution in [1.29, 1.82) is 0 Å². The summed E-state index contributed by atoms with van der Waals surface area (Å²) in [5.41, 5.74) is 0.743. The molecule has 1 atom stereocenters. The van der Waals surface area contributed by atoms with Gasteiger partial charge < -0.3 is 9.84 Å². The van der Waals surface area contributed by atoms with Gasteiger partial charge in [0.05, 0.1) is 18.9 Å². The van der Waals surface area contributed by atoms with Gasteiger partial charge in [0.25, 0.3) is 0 Å². The summed E-state index contributed by atoms with van der Waals surface area (Å²) in [4.78, 5) is 11.3. The first-order valence-electron chi connectivity index (χ1n) is 6.42. The Bertz CT molecular complexity index is 374. The second kappa shape index (κ2) is 7.16. The summed E-state index contributed by atoms with van der Waals surface area (Å²) in [5, 5.41) is 14.1. The highest BCUT2D eigenvalue weighted by Gasteiger charge is 2.13. The lowest BCUT2D eigenvalue weighted by Crippen LogP contribution is -2.07. The van der Waals surface area contributed by atoms with Gasteiger partial charge in [-0.3, -0.25) is 9.48 Å². The minimum atomic E-state index is -0.660. The molecule has 0 amide bonds. The van der Waals surface area contributed by atoms with E-state index >= 15 is 0 Å². The van der Waals surface area contributed by atoms with E-state index in [1.54, 1.807) is 10.9 Å². The summed E-state index contributed by atoms with van der Waals surface area (Å²) in [6.45, 7) is 6.43. The van der Waals surface area contributed by atoms with Gasteiger partial charge in [-0.25, -0.2) is 0 Å². The van der Waals surface area contributed by atoms with Gasteiger partial charge in [-0.1, -0.05) is 6.92 Å². The minimum Gasteiger partial charge on any atom is -0.466 e. The van der Waals surface area contributed by atoms with Crippen molar-refractivity contribution >= 4 is 5.97 Å². The van der Waals surface area contributed by atoms with Crippen LogP contribution >= 0.6 is 0 Å². The average molecular weight is 254 g/mol. The molecule has 0 bridgehead atoms. The largest absolute Gasteiger partial charge is 0.466 e. The summed E-state index contributed by atoms with van der Waals surface area (Å²) in [6.07, 6.45) is 4.21. The SMILES string of the molecule is CCCOC(=O)CCC(O)c1cnn(C(C)C)c1. The van der Waals surface area contributed by atoms with Gasteiger partial charge in [-0.15, -0.1) is 0 Å². The number of esters is 1. The highest BCUT2D eigenvalue weighted by molar-refractivity contribution is 5.69. The Morgan fingerprint density at radius 1 is 1.56 bits per heavy atom. The second-order valence-corrected chi connectivity index (χ2v) is 4.62. The summed E-state index contributed by atoms with van der Waals surface area (Å²) in [5.74, 6) is -0.257. The molecule has 5 nitrogen and oxygen atoms in total. The number of aliphatic hydroxyl groups is 1. The number of carbonyl (C=O) groups is 1. The third-order valence-corrected chi connectivity index (χ3v) is 2.62. The summed E-state index contributed by atoms with van der Waals surface area (Å²) in [6, 6.07) is 0.264. The topological polar surface area (TPSA) is 64.3 Å². The van der Waals surface area contributed by atoms with Crippen molar-refractivity contribution in [3.63, 3.8) is 0 Å². The number of aromatic nitrogens is 2. The molecule has 0 aliphatic rings. The number of aliphatic hydroxyl groups excluding tert-OH is 1. The Labute approximate surface area is 108 Å². The molecule has 0 aliphatic heterocycles. The Kier molecular flexibility index (Phi) is 5.85. The lowest BCUT2D eigenvalue weighted by molar-refractivity contribution is -0.144. The highest BCUT2D eigenvalue weighted by atomic mass is 16.5. The first-order chi connectivity index (χ1) is 8.54. The number of nitrogens with zero attached hydrogens (tertiary/aromatic N) is 2. The maximum atomic E-state index is 11.3. The van der Waals surface area contributed by atoms with Crippen molar-refractivity contribution in [2.24, 2.45) is 0 Å². The molecule has 0 radical (unpaired) electrons. The van der Waals surface area contributed by atoms with Gasteiger partial charge in [-0.05, 0) is 26.7 Å². The fourth-order valence-corrected chi connectivity index (χ4v) is 1.52. The Morgan fingerprint density at radius 3 is 2.83 bits per heavy atom. The van der Waals surface area contributed by atoms with Crippen molar-refractivity contribution in [2.75, 3.05) is 6.61 Å². The van der Waals surface area contributed by atoms with Gasteiger partial charge in [0.2, 0.25) is 0 Å². The molecule has 0 aromatic carbocycles. The first-order valence-corrected chi connectivity index (χ1v) is 6.42. The standard InChI is InChI=1S/C13H22N2O3/c1-4-7-18-13(17)6-5-12(16)11-8-14-15(9-11)10(2)3/h8-10,12,16H,4-7H2,1-3H3. The van der Waals surface area contributed by atoms with Crippen LogP contribution in [0.3, 0.4) is 0 Å². The average Bonchev–Trinajstić information content (AvgIpc) is 2.83. The van der Waals surface area contributed by atoms with E-state index in [-0.39, 0.29) is 18.4 Å². The quantitative estimate of drug-likeness (QED) is 0.758. The van der Waals surface area contributed by atoms with Gasteiger partial charge in [0.1, 0.15) is 0 Å². The molecule has 5 heteroatoms. The van der Waals surface area contributed by atoms with E-state index in [1.165, 1.54) is 0 Å². The van der Waals surface area contributed by atoms with Crippen LogP contribution in [0.5, 0.6) is 0 Å². The minimum absolute atomic E-state index is 0.230. The van der Waals surface area contributed by atoms with Crippen LogP contribution in [0.2, 0.25) is 0 Å². The molecule has 0 saturated carbocycles. The molecule has 1 aromatic heterocycles. The van der Waals surface area contributed by atoms with Crippen molar-refractivity contribution in [3.8, 4) is 0 Å². The van der Waals surface area contributed by atoms with Gasteiger partial charge in [-0.2, -0.15) is 5.10 Å². The predicted octanol–water partition coefficient (Wildman–Crippen LogP) is 2.23. The van der Waals surface area contributed by atoms with Gasteiger partial charge >= 0.3 is 5.97 Å². The van der Waals surface area contributed by atoms with E-state index < -0.39 is 6.10 Å². The summed E-state index contributed by atoms with van der Waals surface area (Å²) < 4.78 is 6.74. The zero-order chi connectivity index (χ0) is 13.5. The molecule has 1 rings (SSSR count). The smallest absolute Gasteiger partial charge is 0.305 e. The van der Waals surface area contributed by atoms with E-state index in [9.17, 15) is 9.90 Å². The van der Waals surface area contributed by atoms with Crippen molar-refractivity contribution in [1.82, 2.24) is 9.78 Å². The molecule has 1 N–H and O–H groups in total. The number of hydrogen-bond donors (Lipinski definition) is 1. The zero-order valence-electron chi connectivity index (χ0n) is 11.3. The van der Waals surface area contributed by atoms with E-state index in [1.807, 2.05) is 27.0 Å². The molecule has 1 heterocycles. The first kappa shape index (κ1) is 14.7. The number of hydrogen-bond acceptors (Lipinski definition) is 4. The van der Waals surface area contributed by atoms with Crippen LogP contribution in [0, 0.1) is 0 Å². The zero-order valence-corrected chi connectivity index (χ0v) is 11.3. The fraction of sp³-hybridized carbons (Fsp3) is 0.692. The summed E-state index contributed by atoms with van der Waals surface area (Å²) in [7, 11) is 0. The van der Waals surface area contributed by atoms with Crippen LogP contribution < -0.4 is 0 Å². The normalized spacial score (nSPS) is 12.7. The Balaban J connectivity index is 2.40. The van der Waals surface area contributed by atoms with Crippen molar-refractivity contribution in [3.05, 3.63) is 18.0 Å². The van der Waals surface area contributed by atoms with Crippen LogP contribution in [0.1, 0.15) is 57.7 Å². The Morgan fingerprint density at radius 2 is 2.28 bits per heavy atom. The fourth-order valence-electron chi connectivity index (χ4n) is 1.52.